The number of rotatable bonds is 5. The number of nitrogens with one attached hydrogen (secondary N) is 2. The van der Waals surface area contributed by atoms with Crippen molar-refractivity contribution in [2.45, 2.75) is 6.92 Å². The summed E-state index contributed by atoms with van der Waals surface area (Å²) in [6, 6.07) is 3.31. The van der Waals surface area contributed by atoms with Crippen molar-refractivity contribution in [1.82, 2.24) is 10.7 Å². The summed E-state index contributed by atoms with van der Waals surface area (Å²) in [7, 11) is 1.58. The highest BCUT2D eigenvalue weighted by Crippen LogP contribution is 2.10. The largest absolute Gasteiger partial charge is 0.383 e. The number of hydrogen-bond acceptors (Lipinski definition) is 3. The van der Waals surface area contributed by atoms with Gasteiger partial charge in [0.2, 0.25) is 0 Å². The van der Waals surface area contributed by atoms with Crippen molar-refractivity contribution >= 4 is 23.0 Å². The van der Waals surface area contributed by atoms with Crippen molar-refractivity contribution < 1.29 is 13.5 Å². The number of thiocarbonyl (C=S) groups is 1. The molecular formula is C12H15F2N3OS. The normalized spacial score (nSPS) is 11.3. The number of methoxy groups -OCH3 is 1. The third kappa shape index (κ3) is 5.27. The molecule has 0 atom stereocenters. The standard InChI is InChI=1S/C12H15F2N3OS/c1-8(10-4-3-9(13)7-11(10)14)16-17-12(19)15-5-6-18-2/h3-4,7H,5-6H2,1-2H3,(H2,15,17,19)/b16-8-. The van der Waals surface area contributed by atoms with Crippen LogP contribution in [-0.2, 0) is 4.74 Å². The van der Waals surface area contributed by atoms with E-state index in [2.05, 4.69) is 15.8 Å². The van der Waals surface area contributed by atoms with Crippen molar-refractivity contribution in [3.05, 3.63) is 35.4 Å². The van der Waals surface area contributed by atoms with Gasteiger partial charge < -0.3 is 10.1 Å². The predicted octanol–water partition coefficient (Wildman–Crippen LogP) is 1.80. The summed E-state index contributed by atoms with van der Waals surface area (Å²) < 4.78 is 31.1. The van der Waals surface area contributed by atoms with E-state index >= 15 is 0 Å². The third-order valence-corrected chi connectivity index (χ3v) is 2.47. The van der Waals surface area contributed by atoms with Gasteiger partial charge in [-0.25, -0.2) is 8.78 Å². The van der Waals surface area contributed by atoms with Gasteiger partial charge in [-0.1, -0.05) is 0 Å². The second-order valence-corrected chi connectivity index (χ2v) is 4.09. The molecule has 0 bridgehead atoms. The molecule has 1 aromatic rings. The Kier molecular flexibility index (Phi) is 6.31. The van der Waals surface area contributed by atoms with Crippen LogP contribution in [0.4, 0.5) is 8.78 Å². The van der Waals surface area contributed by atoms with Crippen LogP contribution in [0.3, 0.4) is 0 Å². The van der Waals surface area contributed by atoms with Crippen molar-refractivity contribution in [3.63, 3.8) is 0 Å². The number of nitrogens with zero attached hydrogens (tertiary/aromatic N) is 1. The maximum Gasteiger partial charge on any atom is 0.187 e. The van der Waals surface area contributed by atoms with Crippen LogP contribution in [0.1, 0.15) is 12.5 Å². The molecule has 0 unspecified atom stereocenters. The van der Waals surface area contributed by atoms with Crippen LogP contribution in [0.15, 0.2) is 23.3 Å². The van der Waals surface area contributed by atoms with E-state index in [9.17, 15) is 8.78 Å². The van der Waals surface area contributed by atoms with Gasteiger partial charge in [0.15, 0.2) is 5.11 Å². The average Bonchev–Trinajstić information content (AvgIpc) is 2.36. The average molecular weight is 287 g/mol. The van der Waals surface area contributed by atoms with Crippen LogP contribution >= 0.6 is 12.2 Å². The van der Waals surface area contributed by atoms with Gasteiger partial charge in [-0.3, -0.25) is 5.43 Å². The Labute approximate surface area is 115 Å². The fourth-order valence-corrected chi connectivity index (χ4v) is 1.43. The maximum atomic E-state index is 13.5. The lowest BCUT2D eigenvalue weighted by atomic mass is 10.1. The SMILES string of the molecule is COCCNC(=S)N/N=C(/C)c1ccc(F)cc1F. The van der Waals surface area contributed by atoms with E-state index < -0.39 is 11.6 Å². The fourth-order valence-electron chi connectivity index (χ4n) is 1.28. The van der Waals surface area contributed by atoms with Crippen LogP contribution in [0.5, 0.6) is 0 Å². The highest BCUT2D eigenvalue weighted by Gasteiger charge is 2.06. The second-order valence-electron chi connectivity index (χ2n) is 3.68. The Morgan fingerprint density at radius 2 is 2.16 bits per heavy atom. The summed E-state index contributed by atoms with van der Waals surface area (Å²) in [5.41, 5.74) is 3.16. The zero-order valence-electron chi connectivity index (χ0n) is 10.7. The molecule has 7 heteroatoms. The topological polar surface area (TPSA) is 45.6 Å². The lowest BCUT2D eigenvalue weighted by Crippen LogP contribution is -2.34. The summed E-state index contributed by atoms with van der Waals surface area (Å²) in [5, 5.41) is 7.08. The molecule has 2 N–H and O–H groups in total. The minimum absolute atomic E-state index is 0.216. The first-order valence-electron chi connectivity index (χ1n) is 5.57. The Hall–Kier alpha value is -1.60. The predicted molar refractivity (Wildman–Crippen MR) is 74.2 cm³/mol. The minimum atomic E-state index is -0.665. The van der Waals surface area contributed by atoms with E-state index in [0.29, 0.717) is 24.0 Å². The number of benzene rings is 1. The highest BCUT2D eigenvalue weighted by atomic mass is 32.1. The first-order chi connectivity index (χ1) is 9.04. The van der Waals surface area contributed by atoms with Crippen LogP contribution in [-0.4, -0.2) is 31.1 Å². The monoisotopic (exact) mass is 287 g/mol. The molecule has 0 spiro atoms. The molecule has 0 saturated heterocycles. The second kappa shape index (κ2) is 7.75. The number of halogens is 2. The van der Waals surface area contributed by atoms with Crippen LogP contribution < -0.4 is 10.7 Å². The quantitative estimate of drug-likeness (QED) is 0.375. The Balaban J connectivity index is 2.59. The molecule has 104 valence electrons. The minimum Gasteiger partial charge on any atom is -0.383 e. The van der Waals surface area contributed by atoms with Crippen LogP contribution in [0, 0.1) is 11.6 Å². The summed E-state index contributed by atoms with van der Waals surface area (Å²) in [6.45, 7) is 2.65. The van der Waals surface area contributed by atoms with Crippen molar-refractivity contribution in [3.8, 4) is 0 Å². The van der Waals surface area contributed by atoms with E-state index in [1.165, 1.54) is 12.1 Å². The number of hydrogen-bond donors (Lipinski definition) is 2. The van der Waals surface area contributed by atoms with Gasteiger partial charge >= 0.3 is 0 Å². The van der Waals surface area contributed by atoms with Crippen LogP contribution in [0.25, 0.3) is 0 Å². The molecule has 4 nitrogen and oxygen atoms in total. The molecule has 1 aromatic carbocycles. The van der Waals surface area contributed by atoms with Crippen molar-refractivity contribution in [2.75, 3.05) is 20.3 Å². The molecule has 0 aliphatic heterocycles. The van der Waals surface area contributed by atoms with Gasteiger partial charge in [0.05, 0.1) is 12.3 Å². The molecule has 0 aliphatic rings. The van der Waals surface area contributed by atoms with Crippen LogP contribution in [0.2, 0.25) is 0 Å². The first kappa shape index (κ1) is 15.5. The Morgan fingerprint density at radius 1 is 1.42 bits per heavy atom. The van der Waals surface area contributed by atoms with E-state index in [1.54, 1.807) is 14.0 Å². The molecular weight excluding hydrogens is 272 g/mol. The number of hydrazone groups is 1. The summed E-state index contributed by atoms with van der Waals surface area (Å²) >= 11 is 4.95. The van der Waals surface area contributed by atoms with E-state index in [0.717, 1.165) is 6.07 Å². The molecule has 0 aromatic heterocycles. The lowest BCUT2D eigenvalue weighted by molar-refractivity contribution is 0.204. The van der Waals surface area contributed by atoms with E-state index in [4.69, 9.17) is 17.0 Å². The molecule has 1 rings (SSSR count). The summed E-state index contributed by atoms with van der Waals surface area (Å²) in [4.78, 5) is 0. The smallest absolute Gasteiger partial charge is 0.187 e. The zero-order chi connectivity index (χ0) is 14.3. The third-order valence-electron chi connectivity index (χ3n) is 2.24. The van der Waals surface area contributed by atoms with Gasteiger partial charge in [-0.15, -0.1) is 0 Å². The van der Waals surface area contributed by atoms with Crippen molar-refractivity contribution in [2.24, 2.45) is 5.10 Å². The van der Waals surface area contributed by atoms with Gasteiger partial charge in [-0.05, 0) is 31.3 Å². The van der Waals surface area contributed by atoms with Gasteiger partial charge in [0, 0.05) is 25.3 Å². The molecule has 0 amide bonds. The molecule has 0 radical (unpaired) electrons. The highest BCUT2D eigenvalue weighted by molar-refractivity contribution is 7.80. The Morgan fingerprint density at radius 3 is 2.79 bits per heavy atom. The molecule has 19 heavy (non-hydrogen) atoms. The van der Waals surface area contributed by atoms with Gasteiger partial charge in [0.25, 0.3) is 0 Å². The van der Waals surface area contributed by atoms with Gasteiger partial charge in [0.1, 0.15) is 11.6 Å². The molecule has 0 heterocycles. The van der Waals surface area contributed by atoms with E-state index in [1.807, 2.05) is 0 Å². The van der Waals surface area contributed by atoms with Gasteiger partial charge in [-0.2, -0.15) is 5.10 Å². The molecule has 0 aliphatic carbocycles. The maximum absolute atomic E-state index is 13.5. The fraction of sp³-hybridized carbons (Fsp3) is 0.333. The van der Waals surface area contributed by atoms with E-state index in [-0.39, 0.29) is 5.56 Å². The summed E-state index contributed by atoms with van der Waals surface area (Å²) in [5.74, 6) is -1.29. The lowest BCUT2D eigenvalue weighted by Gasteiger charge is -2.07. The Bertz CT molecular complexity index is 480. The summed E-state index contributed by atoms with van der Waals surface area (Å²) in [6.07, 6.45) is 0. The zero-order valence-corrected chi connectivity index (χ0v) is 11.5. The molecule has 0 fully saturated rings. The molecule has 0 saturated carbocycles. The first-order valence-corrected chi connectivity index (χ1v) is 5.98. The van der Waals surface area contributed by atoms with Crippen molar-refractivity contribution in [1.29, 1.82) is 0 Å². The number of ether oxygens (including phenoxy) is 1.